The first kappa shape index (κ1) is 18.0. The van der Waals surface area contributed by atoms with Gasteiger partial charge in [0.25, 0.3) is 5.91 Å². The lowest BCUT2D eigenvalue weighted by Gasteiger charge is -1.98. The number of aromatic nitrogens is 4. The second kappa shape index (κ2) is 8.08. The fraction of sp³-hybridized carbons (Fsp3) is 0.0667. The Morgan fingerprint density at radius 1 is 1.07 bits per heavy atom. The molecular formula is C15H10N6O2S4. The van der Waals surface area contributed by atoms with Gasteiger partial charge >= 0.3 is 0 Å². The molecule has 4 rings (SSSR count). The number of carbonyl (C=O) groups excluding carboxylic acids is 2. The average molecular weight is 435 g/mol. The van der Waals surface area contributed by atoms with Crippen LogP contribution in [0.1, 0.15) is 9.80 Å². The fourth-order valence-corrected chi connectivity index (χ4v) is 4.96. The number of nitrogens with zero attached hydrogens (tertiary/aromatic N) is 4. The molecule has 1 aromatic carbocycles. The maximum absolute atomic E-state index is 12.3. The highest BCUT2D eigenvalue weighted by molar-refractivity contribution is 8.01. The number of carbonyl (C=O) groups is 2. The predicted octanol–water partition coefficient (Wildman–Crippen LogP) is 3.59. The number of hydrogen-bond donors (Lipinski definition) is 2. The minimum absolute atomic E-state index is 0.176. The molecule has 4 aromatic rings. The molecule has 2 amide bonds. The molecule has 0 aliphatic carbocycles. The van der Waals surface area contributed by atoms with Gasteiger partial charge in [-0.3, -0.25) is 14.9 Å². The number of fused-ring (bicyclic) bond motifs is 1. The number of nitrogens with one attached hydrogen (secondary N) is 2. The summed E-state index contributed by atoms with van der Waals surface area (Å²) < 4.78 is 1.53. The Morgan fingerprint density at radius 3 is 2.78 bits per heavy atom. The van der Waals surface area contributed by atoms with Crippen molar-refractivity contribution in [2.24, 2.45) is 0 Å². The Kier molecular flexibility index (Phi) is 5.38. The van der Waals surface area contributed by atoms with Gasteiger partial charge in [-0.05, 0) is 12.1 Å². The summed E-state index contributed by atoms with van der Waals surface area (Å²) in [5.74, 6) is -0.323. The van der Waals surface area contributed by atoms with Crippen molar-refractivity contribution in [1.82, 2.24) is 20.2 Å². The number of benzene rings is 1. The number of amides is 2. The van der Waals surface area contributed by atoms with E-state index in [-0.39, 0.29) is 17.6 Å². The smallest absolute Gasteiger partial charge is 0.286 e. The molecule has 0 spiro atoms. The molecule has 27 heavy (non-hydrogen) atoms. The second-order valence-electron chi connectivity index (χ2n) is 4.99. The van der Waals surface area contributed by atoms with Crippen LogP contribution >= 0.6 is 45.8 Å². The van der Waals surface area contributed by atoms with Crippen LogP contribution in [0.2, 0.25) is 0 Å². The lowest BCUT2D eigenvalue weighted by molar-refractivity contribution is -0.113. The monoisotopic (exact) mass is 434 g/mol. The molecule has 2 N–H and O–H groups in total. The second-order valence-corrected chi connectivity index (χ2v) is 9.11. The molecule has 136 valence electrons. The fourth-order valence-electron chi connectivity index (χ4n) is 2.01. The van der Waals surface area contributed by atoms with Gasteiger partial charge in [0.1, 0.15) is 0 Å². The van der Waals surface area contributed by atoms with Crippen LogP contribution in [0.4, 0.5) is 10.3 Å². The Bertz CT molecular complexity index is 1060. The molecule has 0 aliphatic heterocycles. The van der Waals surface area contributed by atoms with E-state index in [9.17, 15) is 9.59 Å². The standard InChI is InChI=1S/C15H10N6O2S4/c22-10(18-13-16-5-6-24-13)7-25-15-21-20-14(27-15)19-11(23)12-17-8-3-1-2-4-9(8)26-12/h1-6H,7H2,(H,16,18,22)(H,19,20,23). The van der Waals surface area contributed by atoms with Crippen LogP contribution in [0.15, 0.2) is 40.2 Å². The van der Waals surface area contributed by atoms with E-state index in [1.807, 2.05) is 24.3 Å². The van der Waals surface area contributed by atoms with Gasteiger partial charge in [-0.1, -0.05) is 35.2 Å². The quantitative estimate of drug-likeness (QED) is 0.352. The molecule has 0 saturated carbocycles. The van der Waals surface area contributed by atoms with Crippen LogP contribution in [0, 0.1) is 0 Å². The van der Waals surface area contributed by atoms with E-state index in [1.54, 1.807) is 11.6 Å². The highest BCUT2D eigenvalue weighted by atomic mass is 32.2. The Balaban J connectivity index is 1.33. The van der Waals surface area contributed by atoms with Crippen LogP contribution in [0.3, 0.4) is 0 Å². The zero-order valence-electron chi connectivity index (χ0n) is 13.4. The summed E-state index contributed by atoms with van der Waals surface area (Å²) in [4.78, 5) is 32.5. The maximum Gasteiger partial charge on any atom is 0.286 e. The SMILES string of the molecule is O=C(CSc1nnc(NC(=O)c2nc3ccccc3s2)s1)Nc1nccs1. The van der Waals surface area contributed by atoms with E-state index in [0.717, 1.165) is 10.2 Å². The molecule has 0 bridgehead atoms. The maximum atomic E-state index is 12.3. The highest BCUT2D eigenvalue weighted by Crippen LogP contribution is 2.27. The van der Waals surface area contributed by atoms with Crippen LogP contribution in [-0.4, -0.2) is 37.7 Å². The topological polar surface area (TPSA) is 110 Å². The van der Waals surface area contributed by atoms with Crippen LogP contribution < -0.4 is 10.6 Å². The normalized spacial score (nSPS) is 10.8. The molecule has 3 aromatic heterocycles. The van der Waals surface area contributed by atoms with Gasteiger partial charge in [-0.25, -0.2) is 9.97 Å². The van der Waals surface area contributed by atoms with Crippen LogP contribution in [0.5, 0.6) is 0 Å². The number of anilines is 2. The molecule has 3 heterocycles. The van der Waals surface area contributed by atoms with Crippen molar-refractivity contribution >= 4 is 78.1 Å². The van der Waals surface area contributed by atoms with E-state index in [1.165, 1.54) is 45.8 Å². The summed E-state index contributed by atoms with van der Waals surface area (Å²) >= 11 is 5.12. The van der Waals surface area contributed by atoms with Gasteiger partial charge in [0.15, 0.2) is 14.5 Å². The molecule has 0 aliphatic rings. The highest BCUT2D eigenvalue weighted by Gasteiger charge is 2.15. The zero-order valence-corrected chi connectivity index (χ0v) is 16.7. The summed E-state index contributed by atoms with van der Waals surface area (Å²) in [5.41, 5.74) is 0.785. The van der Waals surface area contributed by atoms with Gasteiger partial charge < -0.3 is 5.32 Å². The third kappa shape index (κ3) is 4.47. The van der Waals surface area contributed by atoms with Gasteiger partial charge in [-0.15, -0.1) is 32.9 Å². The summed E-state index contributed by atoms with van der Waals surface area (Å²) in [7, 11) is 0. The van der Waals surface area contributed by atoms with Crippen LogP contribution in [-0.2, 0) is 4.79 Å². The van der Waals surface area contributed by atoms with Crippen molar-refractivity contribution in [1.29, 1.82) is 0 Å². The van der Waals surface area contributed by atoms with Crippen molar-refractivity contribution in [3.8, 4) is 0 Å². The van der Waals surface area contributed by atoms with Crippen molar-refractivity contribution in [2.45, 2.75) is 4.34 Å². The first-order valence-corrected chi connectivity index (χ1v) is 11.0. The van der Waals surface area contributed by atoms with Gasteiger partial charge in [-0.2, -0.15) is 0 Å². The molecule has 8 nitrogen and oxygen atoms in total. The van der Waals surface area contributed by atoms with Crippen molar-refractivity contribution in [3.05, 3.63) is 40.8 Å². The van der Waals surface area contributed by atoms with Crippen molar-refractivity contribution in [2.75, 3.05) is 16.4 Å². The van der Waals surface area contributed by atoms with E-state index < -0.39 is 0 Å². The number of hydrogen-bond acceptors (Lipinski definition) is 10. The van der Waals surface area contributed by atoms with E-state index in [0.29, 0.717) is 19.6 Å². The van der Waals surface area contributed by atoms with E-state index >= 15 is 0 Å². The Morgan fingerprint density at radius 2 is 1.96 bits per heavy atom. The number of thioether (sulfide) groups is 1. The summed E-state index contributed by atoms with van der Waals surface area (Å²) in [6, 6.07) is 7.56. The molecule has 0 unspecified atom stereocenters. The molecule has 0 saturated heterocycles. The van der Waals surface area contributed by atoms with E-state index in [4.69, 9.17) is 0 Å². The van der Waals surface area contributed by atoms with Gasteiger partial charge in [0.05, 0.1) is 16.0 Å². The first-order valence-electron chi connectivity index (χ1n) is 7.50. The zero-order chi connectivity index (χ0) is 18.6. The Labute approximate surface area is 169 Å². The molecule has 0 atom stereocenters. The minimum atomic E-state index is -0.328. The number of rotatable bonds is 6. The summed E-state index contributed by atoms with van der Waals surface area (Å²) in [6.45, 7) is 0. The lowest BCUT2D eigenvalue weighted by atomic mass is 10.3. The summed E-state index contributed by atoms with van der Waals surface area (Å²) in [6.07, 6.45) is 1.62. The van der Waals surface area contributed by atoms with Crippen molar-refractivity contribution in [3.63, 3.8) is 0 Å². The first-order chi connectivity index (χ1) is 13.2. The van der Waals surface area contributed by atoms with Crippen molar-refractivity contribution < 1.29 is 9.59 Å². The average Bonchev–Trinajstić information content (AvgIpc) is 3.40. The predicted molar refractivity (Wildman–Crippen MR) is 109 cm³/mol. The minimum Gasteiger partial charge on any atom is -0.301 e. The van der Waals surface area contributed by atoms with E-state index in [2.05, 4.69) is 30.8 Å². The lowest BCUT2D eigenvalue weighted by Crippen LogP contribution is -2.13. The molecule has 12 heteroatoms. The third-order valence-corrected chi connectivity index (χ3v) is 6.82. The van der Waals surface area contributed by atoms with Gasteiger partial charge in [0.2, 0.25) is 11.0 Å². The molecule has 0 fully saturated rings. The largest absolute Gasteiger partial charge is 0.301 e. The summed E-state index contributed by atoms with van der Waals surface area (Å²) in [5, 5.41) is 16.4. The molecular weight excluding hydrogens is 424 g/mol. The third-order valence-electron chi connectivity index (χ3n) is 3.12. The number of para-hydroxylation sites is 1. The molecule has 0 radical (unpaired) electrons. The van der Waals surface area contributed by atoms with Gasteiger partial charge in [0, 0.05) is 11.6 Å². The Hall–Kier alpha value is -2.41. The number of thiazole rings is 2. The van der Waals surface area contributed by atoms with Crippen LogP contribution in [0.25, 0.3) is 10.2 Å².